The molecule has 0 unspecified atom stereocenters. The van der Waals surface area contributed by atoms with E-state index in [9.17, 15) is 9.59 Å². The molecule has 2 aromatic carbocycles. The summed E-state index contributed by atoms with van der Waals surface area (Å²) in [5.41, 5.74) is 0. The number of rotatable bonds is 10. The number of carbonyl (C=O) groups is 2. The quantitative estimate of drug-likeness (QED) is 0.599. The molecule has 0 heterocycles. The second-order valence-corrected chi connectivity index (χ2v) is 9.74. The van der Waals surface area contributed by atoms with Crippen LogP contribution in [0.5, 0.6) is 0 Å². The van der Waals surface area contributed by atoms with E-state index in [1.807, 2.05) is 36.4 Å². The van der Waals surface area contributed by atoms with Crippen LogP contribution in [0.1, 0.15) is 13.8 Å². The molecule has 0 atom stereocenters. The van der Waals surface area contributed by atoms with Crippen LogP contribution >= 0.6 is 10.0 Å². The van der Waals surface area contributed by atoms with Gasteiger partial charge in [-0.25, -0.2) is 9.59 Å². The molecule has 29 heavy (non-hydrogen) atoms. The summed E-state index contributed by atoms with van der Waals surface area (Å²) < 4.78 is 9.99. The van der Waals surface area contributed by atoms with E-state index >= 15 is 0 Å². The molecule has 0 spiro atoms. The van der Waals surface area contributed by atoms with Gasteiger partial charge >= 0.3 is 12.2 Å². The zero-order valence-corrected chi connectivity index (χ0v) is 17.9. The second-order valence-electron chi connectivity index (χ2n) is 6.21. The van der Waals surface area contributed by atoms with Crippen molar-refractivity contribution in [3.8, 4) is 0 Å². The van der Waals surface area contributed by atoms with Gasteiger partial charge in [0.15, 0.2) is 0 Å². The first-order valence-electron chi connectivity index (χ1n) is 9.82. The first-order valence-corrected chi connectivity index (χ1v) is 11.8. The molecule has 6 nitrogen and oxygen atoms in total. The van der Waals surface area contributed by atoms with Gasteiger partial charge in [-0.05, 0) is 47.9 Å². The van der Waals surface area contributed by atoms with Crippen LogP contribution < -0.4 is 10.6 Å². The zero-order valence-electron chi connectivity index (χ0n) is 17.1. The van der Waals surface area contributed by atoms with Crippen LogP contribution in [0, 0.1) is 0 Å². The second kappa shape index (κ2) is 12.0. The fourth-order valence-electron chi connectivity index (χ4n) is 3.09. The molecule has 2 rings (SSSR count). The number of hydrogen-bond donors (Lipinski definition) is 2. The SMILES string of the molecule is CCOC(=O)NCCS(CCNC(=O)OCC)(c1ccccc1)c1ccccc1. The minimum Gasteiger partial charge on any atom is -0.450 e. The van der Waals surface area contributed by atoms with E-state index < -0.39 is 22.2 Å². The van der Waals surface area contributed by atoms with Crippen LogP contribution in [0.2, 0.25) is 0 Å². The molecule has 7 heteroatoms. The average molecular weight is 419 g/mol. The van der Waals surface area contributed by atoms with Crippen LogP contribution in [-0.4, -0.2) is 50.0 Å². The summed E-state index contributed by atoms with van der Waals surface area (Å²) in [6.07, 6.45) is -0.821. The summed E-state index contributed by atoms with van der Waals surface area (Å²) >= 11 is 0. The highest BCUT2D eigenvalue weighted by molar-refractivity contribution is 8.33. The summed E-state index contributed by atoms with van der Waals surface area (Å²) in [4.78, 5) is 26.0. The Labute approximate surface area is 174 Å². The van der Waals surface area contributed by atoms with Crippen LogP contribution in [0.4, 0.5) is 9.59 Å². The number of carbonyl (C=O) groups excluding carboxylic acids is 2. The number of amides is 2. The van der Waals surface area contributed by atoms with Crippen molar-refractivity contribution < 1.29 is 19.1 Å². The molecule has 0 aliphatic heterocycles. The standard InChI is InChI=1S/C22H30N2O4S/c1-3-27-21(25)23-15-17-29(19-11-7-5-8-12-19,20-13-9-6-10-14-20)18-16-24-22(26)28-4-2/h5-14H,3-4,15-18H2,1-2H3,(H,23,25)(H,24,26). The lowest BCUT2D eigenvalue weighted by molar-refractivity contribution is 0.152. The third-order valence-electron chi connectivity index (χ3n) is 4.38. The van der Waals surface area contributed by atoms with E-state index in [0.29, 0.717) is 26.3 Å². The predicted molar refractivity (Wildman–Crippen MR) is 117 cm³/mol. The van der Waals surface area contributed by atoms with Crippen LogP contribution in [0.3, 0.4) is 0 Å². The van der Waals surface area contributed by atoms with Crippen molar-refractivity contribution in [2.75, 3.05) is 37.8 Å². The van der Waals surface area contributed by atoms with E-state index in [-0.39, 0.29) is 0 Å². The number of ether oxygens (including phenoxy) is 2. The number of hydrogen-bond acceptors (Lipinski definition) is 4. The highest BCUT2D eigenvalue weighted by atomic mass is 32.3. The number of alkyl carbamates (subject to hydrolysis) is 2. The first-order chi connectivity index (χ1) is 14.1. The number of nitrogens with one attached hydrogen (secondary N) is 2. The molecule has 0 radical (unpaired) electrons. The Hall–Kier alpha value is -2.67. The highest BCUT2D eigenvalue weighted by Gasteiger charge is 2.28. The molecule has 0 saturated carbocycles. The third kappa shape index (κ3) is 6.71. The third-order valence-corrected chi connectivity index (χ3v) is 8.53. The molecular weight excluding hydrogens is 388 g/mol. The largest absolute Gasteiger partial charge is 0.450 e. The summed E-state index contributed by atoms with van der Waals surface area (Å²) in [5, 5.41) is 5.69. The van der Waals surface area contributed by atoms with Crippen molar-refractivity contribution in [3.05, 3.63) is 60.7 Å². The Bertz CT molecular complexity index is 690. The van der Waals surface area contributed by atoms with Crippen molar-refractivity contribution in [1.82, 2.24) is 10.6 Å². The van der Waals surface area contributed by atoms with Crippen molar-refractivity contribution in [1.29, 1.82) is 0 Å². The van der Waals surface area contributed by atoms with Gasteiger partial charge in [0.1, 0.15) is 0 Å². The molecular formula is C22H30N2O4S. The molecule has 2 amide bonds. The minimum absolute atomic E-state index is 0.338. The van der Waals surface area contributed by atoms with Gasteiger partial charge in [-0.15, -0.1) is 0 Å². The predicted octanol–water partition coefficient (Wildman–Crippen LogP) is 4.40. The topological polar surface area (TPSA) is 76.7 Å². The van der Waals surface area contributed by atoms with Gasteiger partial charge in [-0.1, -0.05) is 36.4 Å². The Morgan fingerprint density at radius 1 is 0.724 bits per heavy atom. The zero-order chi connectivity index (χ0) is 21.0. The fraction of sp³-hybridized carbons (Fsp3) is 0.364. The molecule has 0 saturated heterocycles. The Balaban J connectivity index is 2.29. The summed E-state index contributed by atoms with van der Waals surface area (Å²) in [6, 6.07) is 20.6. The summed E-state index contributed by atoms with van der Waals surface area (Å²) in [5.74, 6) is 1.48. The molecule has 0 fully saturated rings. The van der Waals surface area contributed by atoms with E-state index in [1.165, 1.54) is 9.79 Å². The summed E-state index contributed by atoms with van der Waals surface area (Å²) in [6.45, 7) is 5.21. The summed E-state index contributed by atoms with van der Waals surface area (Å²) in [7, 11) is -1.52. The first kappa shape index (κ1) is 22.6. The van der Waals surface area contributed by atoms with Gasteiger partial charge in [0, 0.05) is 24.6 Å². The van der Waals surface area contributed by atoms with E-state index in [4.69, 9.17) is 9.47 Å². The lowest BCUT2D eigenvalue weighted by Gasteiger charge is -2.41. The Morgan fingerprint density at radius 3 is 1.45 bits per heavy atom. The molecule has 0 bridgehead atoms. The maximum absolute atomic E-state index is 11.8. The van der Waals surface area contributed by atoms with Gasteiger partial charge in [-0.3, -0.25) is 0 Å². The van der Waals surface area contributed by atoms with Gasteiger partial charge in [0.05, 0.1) is 13.2 Å². The maximum atomic E-state index is 11.8. The van der Waals surface area contributed by atoms with Gasteiger partial charge in [-0.2, -0.15) is 10.0 Å². The monoisotopic (exact) mass is 418 g/mol. The van der Waals surface area contributed by atoms with Crippen LogP contribution in [0.25, 0.3) is 0 Å². The van der Waals surface area contributed by atoms with E-state index in [1.54, 1.807) is 13.8 Å². The molecule has 0 aromatic heterocycles. The Kier molecular flexibility index (Phi) is 9.37. The van der Waals surface area contributed by atoms with Crippen molar-refractivity contribution in [3.63, 3.8) is 0 Å². The smallest absolute Gasteiger partial charge is 0.407 e. The van der Waals surface area contributed by atoms with Crippen LogP contribution in [0.15, 0.2) is 70.5 Å². The number of benzene rings is 2. The lowest BCUT2D eigenvalue weighted by atomic mass is 10.4. The van der Waals surface area contributed by atoms with Crippen molar-refractivity contribution in [2.24, 2.45) is 0 Å². The van der Waals surface area contributed by atoms with Crippen molar-refractivity contribution in [2.45, 2.75) is 23.6 Å². The van der Waals surface area contributed by atoms with Crippen molar-refractivity contribution >= 4 is 22.2 Å². The van der Waals surface area contributed by atoms with E-state index in [2.05, 4.69) is 34.9 Å². The van der Waals surface area contributed by atoms with E-state index in [0.717, 1.165) is 11.5 Å². The Morgan fingerprint density at radius 2 is 1.10 bits per heavy atom. The molecule has 158 valence electrons. The van der Waals surface area contributed by atoms with Gasteiger partial charge in [0.25, 0.3) is 0 Å². The van der Waals surface area contributed by atoms with Gasteiger partial charge < -0.3 is 20.1 Å². The van der Waals surface area contributed by atoms with Crippen LogP contribution in [-0.2, 0) is 9.47 Å². The fourth-order valence-corrected chi connectivity index (χ4v) is 6.77. The highest BCUT2D eigenvalue weighted by Crippen LogP contribution is 2.61. The molecule has 2 aromatic rings. The average Bonchev–Trinajstić information content (AvgIpc) is 2.74. The lowest BCUT2D eigenvalue weighted by Crippen LogP contribution is -2.33. The normalized spacial score (nSPS) is 11.4. The minimum atomic E-state index is -1.52. The molecule has 0 aliphatic rings. The molecule has 0 aliphatic carbocycles. The van der Waals surface area contributed by atoms with Gasteiger partial charge in [0.2, 0.25) is 0 Å². The maximum Gasteiger partial charge on any atom is 0.407 e. The molecule has 2 N–H and O–H groups in total.